The van der Waals surface area contributed by atoms with Gasteiger partial charge in [0, 0.05) is 11.1 Å². The predicted octanol–water partition coefficient (Wildman–Crippen LogP) is 9.79. The van der Waals surface area contributed by atoms with Gasteiger partial charge in [-0.25, -0.2) is 0 Å². The van der Waals surface area contributed by atoms with E-state index in [0.717, 1.165) is 23.0 Å². The Morgan fingerprint density at radius 3 is 1.89 bits per heavy atom. The van der Waals surface area contributed by atoms with E-state index >= 15 is 8.78 Å². The van der Waals surface area contributed by atoms with Crippen LogP contribution in [0.2, 0.25) is 0 Å². The number of unbranched alkanes of at least 4 members (excludes halogenated alkanes) is 2. The van der Waals surface area contributed by atoms with Crippen molar-refractivity contribution in [2.24, 2.45) is 5.92 Å². The van der Waals surface area contributed by atoms with Gasteiger partial charge in [-0.15, -0.1) is 23.5 Å². The molecule has 0 amide bonds. The van der Waals surface area contributed by atoms with Crippen LogP contribution in [0.5, 0.6) is 11.5 Å². The minimum absolute atomic E-state index is 0.0595. The van der Waals surface area contributed by atoms with Gasteiger partial charge in [-0.05, 0) is 64.5 Å². The van der Waals surface area contributed by atoms with Crippen molar-refractivity contribution in [3.63, 3.8) is 0 Å². The molecule has 36 heavy (non-hydrogen) atoms. The molecule has 0 saturated carbocycles. The molecule has 1 N–H and O–H groups in total. The van der Waals surface area contributed by atoms with Crippen molar-refractivity contribution in [1.82, 2.24) is 0 Å². The SMILES string of the molecule is CCCCCC1CSC(c2ccc(C(F)(F)Oc3cc(C(C)(C)C)c(O)c(C(C)(C)C)c3)cc2)SC1. The van der Waals surface area contributed by atoms with Crippen LogP contribution < -0.4 is 4.74 Å². The van der Waals surface area contributed by atoms with Crippen LogP contribution in [-0.2, 0) is 16.9 Å². The number of phenols is 1. The van der Waals surface area contributed by atoms with E-state index < -0.39 is 16.9 Å². The summed E-state index contributed by atoms with van der Waals surface area (Å²) < 4.78 is 36.1. The second kappa shape index (κ2) is 11.6. The van der Waals surface area contributed by atoms with Gasteiger partial charge in [0.25, 0.3) is 0 Å². The highest BCUT2D eigenvalue weighted by Crippen LogP contribution is 2.47. The minimum atomic E-state index is -3.49. The van der Waals surface area contributed by atoms with E-state index in [4.69, 9.17) is 4.74 Å². The monoisotopic (exact) mass is 536 g/mol. The Morgan fingerprint density at radius 1 is 0.889 bits per heavy atom. The maximum Gasteiger partial charge on any atom is 0.426 e. The van der Waals surface area contributed by atoms with Crippen molar-refractivity contribution in [3.8, 4) is 11.5 Å². The number of ether oxygens (including phenoxy) is 1. The molecule has 1 aliphatic rings. The molecule has 1 heterocycles. The number of alkyl halides is 2. The number of phenolic OH excluding ortho intramolecular Hbond substituents is 1. The third kappa shape index (κ3) is 7.34. The quantitative estimate of drug-likeness (QED) is 0.340. The molecule has 0 bridgehead atoms. The van der Waals surface area contributed by atoms with Crippen LogP contribution in [0.15, 0.2) is 36.4 Å². The highest BCUT2D eigenvalue weighted by molar-refractivity contribution is 8.16. The molecular weight excluding hydrogens is 494 g/mol. The summed E-state index contributed by atoms with van der Waals surface area (Å²) in [7, 11) is 0. The zero-order chi connectivity index (χ0) is 26.7. The Kier molecular flexibility index (Phi) is 9.36. The molecule has 1 saturated heterocycles. The second-order valence-electron chi connectivity index (χ2n) is 12.0. The lowest BCUT2D eigenvalue weighted by atomic mass is 9.79. The topological polar surface area (TPSA) is 29.5 Å². The maximum atomic E-state index is 15.3. The summed E-state index contributed by atoms with van der Waals surface area (Å²) in [4.78, 5) is 0. The van der Waals surface area contributed by atoms with Crippen LogP contribution in [0.1, 0.15) is 101 Å². The molecule has 3 rings (SSSR count). The largest absolute Gasteiger partial charge is 0.507 e. The number of hydrogen-bond acceptors (Lipinski definition) is 4. The van der Waals surface area contributed by atoms with E-state index in [-0.39, 0.29) is 21.6 Å². The van der Waals surface area contributed by atoms with E-state index in [1.54, 1.807) is 12.1 Å². The molecule has 0 spiro atoms. The van der Waals surface area contributed by atoms with Crippen LogP contribution in [0.4, 0.5) is 8.78 Å². The molecule has 0 atom stereocenters. The molecule has 0 aromatic heterocycles. The number of halogens is 2. The fourth-order valence-corrected chi connectivity index (χ4v) is 7.60. The maximum absolute atomic E-state index is 15.3. The van der Waals surface area contributed by atoms with Crippen molar-refractivity contribution >= 4 is 23.5 Å². The zero-order valence-electron chi connectivity index (χ0n) is 22.8. The molecule has 2 aromatic rings. The Labute approximate surface area is 225 Å². The first-order valence-corrected chi connectivity index (χ1v) is 15.1. The van der Waals surface area contributed by atoms with Crippen LogP contribution in [-0.4, -0.2) is 16.6 Å². The van der Waals surface area contributed by atoms with Crippen LogP contribution >= 0.6 is 23.5 Å². The number of hydrogen-bond donors (Lipinski definition) is 1. The summed E-state index contributed by atoms with van der Waals surface area (Å²) in [5, 5.41) is 10.9. The lowest BCUT2D eigenvalue weighted by Gasteiger charge is -2.29. The first-order chi connectivity index (χ1) is 16.7. The Balaban J connectivity index is 1.75. The van der Waals surface area contributed by atoms with Crippen molar-refractivity contribution in [1.29, 1.82) is 0 Å². The highest BCUT2D eigenvalue weighted by Gasteiger charge is 2.36. The number of thioether (sulfide) groups is 2. The first-order valence-electron chi connectivity index (χ1n) is 13.0. The van der Waals surface area contributed by atoms with Gasteiger partial charge >= 0.3 is 6.11 Å². The normalized spacial score (nSPS) is 19.4. The molecular formula is C30H42F2O2S2. The van der Waals surface area contributed by atoms with Crippen LogP contribution in [0.3, 0.4) is 0 Å². The summed E-state index contributed by atoms with van der Waals surface area (Å²) >= 11 is 3.86. The van der Waals surface area contributed by atoms with Gasteiger partial charge in [0.15, 0.2) is 0 Å². The van der Waals surface area contributed by atoms with Gasteiger partial charge < -0.3 is 9.84 Å². The summed E-state index contributed by atoms with van der Waals surface area (Å²) in [6.45, 7) is 13.9. The van der Waals surface area contributed by atoms with E-state index in [0.29, 0.717) is 11.1 Å². The molecule has 6 heteroatoms. The average Bonchev–Trinajstić information content (AvgIpc) is 2.79. The summed E-state index contributed by atoms with van der Waals surface area (Å²) in [5.74, 6) is 3.22. The molecule has 0 radical (unpaired) electrons. The van der Waals surface area contributed by atoms with Gasteiger partial charge in [0.1, 0.15) is 11.5 Å². The van der Waals surface area contributed by atoms with E-state index in [1.807, 2.05) is 77.2 Å². The summed E-state index contributed by atoms with van der Waals surface area (Å²) in [6.07, 6.45) is 1.64. The molecule has 0 aliphatic carbocycles. The van der Waals surface area contributed by atoms with Gasteiger partial charge in [-0.2, -0.15) is 8.78 Å². The Morgan fingerprint density at radius 2 is 1.42 bits per heavy atom. The summed E-state index contributed by atoms with van der Waals surface area (Å²) in [5.41, 5.74) is 1.24. The van der Waals surface area contributed by atoms with Crippen molar-refractivity contribution in [3.05, 3.63) is 58.7 Å². The second-order valence-corrected chi connectivity index (χ2v) is 14.5. The average molecular weight is 537 g/mol. The summed E-state index contributed by atoms with van der Waals surface area (Å²) in [6, 6.07) is 9.68. The molecule has 200 valence electrons. The molecule has 1 fully saturated rings. The van der Waals surface area contributed by atoms with E-state index in [2.05, 4.69) is 6.92 Å². The molecule has 2 nitrogen and oxygen atoms in total. The smallest absolute Gasteiger partial charge is 0.426 e. The van der Waals surface area contributed by atoms with Crippen molar-refractivity contribution < 1.29 is 18.6 Å². The van der Waals surface area contributed by atoms with Gasteiger partial charge in [0.05, 0.1) is 10.1 Å². The van der Waals surface area contributed by atoms with E-state index in [9.17, 15) is 5.11 Å². The number of aromatic hydroxyl groups is 1. The third-order valence-electron chi connectivity index (χ3n) is 6.65. The zero-order valence-corrected chi connectivity index (χ0v) is 24.4. The highest BCUT2D eigenvalue weighted by atomic mass is 32.2. The lowest BCUT2D eigenvalue weighted by Crippen LogP contribution is -2.23. The minimum Gasteiger partial charge on any atom is -0.507 e. The fraction of sp³-hybridized carbons (Fsp3) is 0.600. The Bertz CT molecular complexity index is 964. The van der Waals surface area contributed by atoms with Gasteiger partial charge in [-0.1, -0.05) is 79.9 Å². The predicted molar refractivity (Wildman–Crippen MR) is 152 cm³/mol. The fourth-order valence-electron chi connectivity index (χ4n) is 4.44. The molecule has 0 unspecified atom stereocenters. The van der Waals surface area contributed by atoms with Gasteiger partial charge in [0.2, 0.25) is 0 Å². The van der Waals surface area contributed by atoms with Crippen LogP contribution in [0, 0.1) is 5.92 Å². The van der Waals surface area contributed by atoms with Gasteiger partial charge in [-0.3, -0.25) is 0 Å². The van der Waals surface area contributed by atoms with E-state index in [1.165, 1.54) is 37.8 Å². The van der Waals surface area contributed by atoms with Crippen molar-refractivity contribution in [2.75, 3.05) is 11.5 Å². The lowest BCUT2D eigenvalue weighted by molar-refractivity contribution is -0.185. The van der Waals surface area contributed by atoms with Crippen LogP contribution in [0.25, 0.3) is 0 Å². The Hall–Kier alpha value is -1.40. The molecule has 2 aromatic carbocycles. The first kappa shape index (κ1) is 29.2. The molecule has 1 aliphatic heterocycles. The number of benzene rings is 2. The standard InChI is InChI=1S/C30H42F2O2S2/c1-8-9-10-11-20-18-35-27(36-19-20)21-12-14-22(15-13-21)30(31,32)34-23-16-24(28(2,3)4)26(33)25(17-23)29(5,6)7/h12-17,20,27,33H,8-11,18-19H2,1-7H3. The third-order valence-corrected chi connectivity index (χ3v) is 9.94. The van der Waals surface area contributed by atoms with Crippen molar-refractivity contribution in [2.45, 2.75) is 95.7 Å². The number of rotatable bonds is 8.